The van der Waals surface area contributed by atoms with E-state index in [1.54, 1.807) is 12.5 Å². The van der Waals surface area contributed by atoms with Crippen molar-refractivity contribution < 1.29 is 14.2 Å². The highest BCUT2D eigenvalue weighted by molar-refractivity contribution is 5.01. The number of piperidine rings is 3. The second kappa shape index (κ2) is 54.6. The minimum atomic E-state index is 0.375. The molecule has 20 N–H and O–H groups in total. The lowest BCUT2D eigenvalue weighted by atomic mass is 9.50. The molecule has 7 aliphatic heterocycles. The van der Waals surface area contributed by atoms with Gasteiger partial charge in [-0.15, -0.1) is 0 Å². The molecule has 20 nitrogen and oxygen atoms in total. The first-order chi connectivity index (χ1) is 44.3. The number of hydrogen-bond acceptors (Lipinski definition) is 19. The number of ether oxygens (including phenoxy) is 3. The Kier molecular flexibility index (Phi) is 49.1. The summed E-state index contributed by atoms with van der Waals surface area (Å²) in [4.78, 5) is 11.1. The average molecular weight is 1280 g/mol. The van der Waals surface area contributed by atoms with Gasteiger partial charge in [0, 0.05) is 111 Å². The Morgan fingerprint density at radius 2 is 0.867 bits per heavy atom. The van der Waals surface area contributed by atoms with Crippen molar-refractivity contribution in [1.82, 2.24) is 45.5 Å². The van der Waals surface area contributed by atoms with Gasteiger partial charge in [-0.1, -0.05) is 44.9 Å². The molecule has 1 atom stereocenters. The molecule has 14 rings (SSSR count). The van der Waals surface area contributed by atoms with Crippen molar-refractivity contribution in [3.05, 3.63) is 18.7 Å². The fraction of sp³-hybridized carbons (Fsp3) is 0.957. The Morgan fingerprint density at radius 1 is 0.411 bits per heavy atom. The van der Waals surface area contributed by atoms with Crippen LogP contribution in [-0.2, 0) is 20.8 Å². The van der Waals surface area contributed by atoms with Crippen LogP contribution in [0.2, 0.25) is 0 Å². The van der Waals surface area contributed by atoms with E-state index in [-0.39, 0.29) is 0 Å². The summed E-state index contributed by atoms with van der Waals surface area (Å²) in [6.07, 6.45) is 43.6. The minimum absolute atomic E-state index is 0.375. The number of morpholine rings is 2. The molecule has 8 heterocycles. The zero-order chi connectivity index (χ0) is 64.2. The van der Waals surface area contributed by atoms with E-state index < -0.39 is 0 Å². The van der Waals surface area contributed by atoms with E-state index in [1.807, 2.05) is 10.8 Å². The first kappa shape index (κ1) is 80.9. The van der Waals surface area contributed by atoms with E-state index in [0.29, 0.717) is 18.1 Å². The van der Waals surface area contributed by atoms with Crippen LogP contribution in [0.1, 0.15) is 173 Å². The topological polar surface area (TPSA) is 312 Å². The number of piperazine rings is 1. The number of imidazole rings is 1. The van der Waals surface area contributed by atoms with Crippen LogP contribution in [0, 0.1) is 46.8 Å². The minimum Gasteiger partial charge on any atom is -0.379 e. The van der Waals surface area contributed by atoms with Gasteiger partial charge in [-0.2, -0.15) is 0 Å². The number of hydrogen-bond donors (Lipinski definition) is 12. The first-order valence-corrected chi connectivity index (χ1v) is 37.6. The van der Waals surface area contributed by atoms with Crippen molar-refractivity contribution in [2.45, 2.75) is 186 Å². The molecule has 20 heteroatoms. The summed E-state index contributed by atoms with van der Waals surface area (Å²) in [6, 6.07) is 0. The highest BCUT2D eigenvalue weighted by Crippen LogP contribution is 2.59. The van der Waals surface area contributed by atoms with Gasteiger partial charge < -0.3 is 90.8 Å². The maximum Gasteiger partial charge on any atom is 0.0945 e. The van der Waals surface area contributed by atoms with Crippen LogP contribution < -0.4 is 67.1 Å². The number of nitrogens with one attached hydrogen (secondary N) is 4. The van der Waals surface area contributed by atoms with Gasteiger partial charge in [0.15, 0.2) is 0 Å². The highest BCUT2D eigenvalue weighted by Gasteiger charge is 2.50. The summed E-state index contributed by atoms with van der Waals surface area (Å²) in [5, 5.41) is 13.3. The third-order valence-electron chi connectivity index (χ3n) is 20.5. The summed E-state index contributed by atoms with van der Waals surface area (Å²) in [6.45, 7) is 31.7. The highest BCUT2D eigenvalue weighted by atomic mass is 16.5. The normalized spacial score (nSPS) is 27.0. The molecule has 530 valence electrons. The number of aromatic nitrogens is 2. The smallest absolute Gasteiger partial charge is 0.0945 e. The molecule has 1 unspecified atom stereocenters. The maximum atomic E-state index is 5.93. The average Bonchev–Trinajstić information content (AvgIpc) is 0.994. The van der Waals surface area contributed by atoms with Crippen LogP contribution in [0.5, 0.6) is 0 Å². The van der Waals surface area contributed by atoms with Gasteiger partial charge in [0.2, 0.25) is 0 Å². The summed E-state index contributed by atoms with van der Waals surface area (Å²) in [5.74, 6) is 7.05. The lowest BCUT2D eigenvalue weighted by Crippen LogP contribution is -2.49. The monoisotopic (exact) mass is 1270 g/mol. The fourth-order valence-corrected chi connectivity index (χ4v) is 15.0. The maximum absolute atomic E-state index is 5.93. The second-order valence-corrected chi connectivity index (χ2v) is 28.2. The number of nitrogens with two attached hydrogens (primary N) is 8. The van der Waals surface area contributed by atoms with Crippen LogP contribution in [0.3, 0.4) is 0 Å². The lowest BCUT2D eigenvalue weighted by molar-refractivity contribution is -0.0468. The number of likely N-dealkylation sites (tertiary alicyclic amines) is 1. The summed E-state index contributed by atoms with van der Waals surface area (Å²) >= 11 is 0. The van der Waals surface area contributed by atoms with E-state index in [4.69, 9.17) is 60.1 Å². The number of nitrogens with zero attached hydrogens (tertiary/aromatic N) is 5. The quantitative estimate of drug-likeness (QED) is 0.0909. The molecule has 0 amide bonds. The zero-order valence-electron chi connectivity index (χ0n) is 57.9. The Morgan fingerprint density at radius 3 is 1.23 bits per heavy atom. The molecule has 6 aliphatic carbocycles. The zero-order valence-corrected chi connectivity index (χ0v) is 57.9. The molecule has 13 fully saturated rings. The molecule has 0 spiro atoms. The van der Waals surface area contributed by atoms with Gasteiger partial charge >= 0.3 is 0 Å². The van der Waals surface area contributed by atoms with Gasteiger partial charge in [-0.3, -0.25) is 9.80 Å². The van der Waals surface area contributed by atoms with E-state index >= 15 is 0 Å². The van der Waals surface area contributed by atoms with Crippen molar-refractivity contribution in [2.75, 3.05) is 197 Å². The molecule has 90 heavy (non-hydrogen) atoms. The fourth-order valence-electron chi connectivity index (χ4n) is 15.0. The number of rotatable bonds is 18. The summed E-state index contributed by atoms with van der Waals surface area (Å²) in [7, 11) is 0. The standard InChI is InChI=1S/C13H26N2.C11H19N.C7H16N2O.C7H16N2.C7H15N.C6H11N3.C6H14N2O.C5H11NO.C4H10N2.C4H9N/c1(2-12-4-8-14-9-5-12)3-13-6-10-15-11-7-13;12-7-11-4-8-1-9(5-11)3-10(2-8)6-11;8-2-1-3-9-4-6-10-7-5-9;8-4-7-9-5-2-1-3-6-9;8-6-7-4-2-1-3-5-7;7-2-1-4-9-5-3-8-6-9;7-1-2-8-3-5-9-6-4-8;6-4-5-2-1-3-7-5;1-2-6-4-3-5-1;5-3-4-1-2-4/h12-15H,1-11H2;8-10H,1-7,12H2;1-8H2;1-8H2;7H,1-6,8H2;3,5-6H,1-2,4,7H2;1-7H2;5H,1-4,6H2;5-6H,1-4H2;4H,1-3,5H2. The molecule has 13 aliphatic rings. The van der Waals surface area contributed by atoms with Gasteiger partial charge in [0.05, 0.1) is 38.9 Å². The molecule has 1 aromatic heterocycles. The van der Waals surface area contributed by atoms with Crippen molar-refractivity contribution in [3.8, 4) is 0 Å². The molecular formula is C70H147N17O3. The molecule has 4 bridgehead atoms. The Hall–Kier alpha value is -1.51. The Bertz CT molecular complexity index is 1570. The second-order valence-electron chi connectivity index (χ2n) is 28.2. The summed E-state index contributed by atoms with van der Waals surface area (Å²) in [5.41, 5.74) is 44.1. The SMILES string of the molecule is C(CC1CCNCC1)CC1CCNCC1.C1CNCCN1.NCC12CC3CC(CC(C3)C1)C2.NCC1CC1.NCC1CCCCC1.NCC1CCCO1.NCCCN1CCOCC1.NCCCn1ccnc1.NCCN1CCCCC1.NCCN1CCOCC1. The number of aryl methyl sites for hydroxylation is 1. The predicted octanol–water partition coefficient (Wildman–Crippen LogP) is 5.11. The van der Waals surface area contributed by atoms with Crippen LogP contribution >= 0.6 is 0 Å². The summed E-state index contributed by atoms with van der Waals surface area (Å²) < 4.78 is 17.6. The third kappa shape index (κ3) is 40.1. The Balaban J connectivity index is 0.000000216. The van der Waals surface area contributed by atoms with Crippen LogP contribution in [-0.4, -0.2) is 227 Å². The lowest BCUT2D eigenvalue weighted by Gasteiger charge is -2.56. The van der Waals surface area contributed by atoms with Crippen molar-refractivity contribution in [1.29, 1.82) is 0 Å². The molecule has 6 saturated carbocycles. The molecule has 0 radical (unpaired) electrons. The Labute approximate surface area is 551 Å². The van der Waals surface area contributed by atoms with Gasteiger partial charge in [0.25, 0.3) is 0 Å². The molecular weight excluding hydrogens is 1130 g/mol. The largest absolute Gasteiger partial charge is 0.379 e. The van der Waals surface area contributed by atoms with E-state index in [2.05, 4.69) is 41.0 Å². The molecule has 1 aromatic rings. The first-order valence-electron chi connectivity index (χ1n) is 37.6. The van der Waals surface area contributed by atoms with Crippen LogP contribution in [0.4, 0.5) is 0 Å². The molecule has 7 saturated heterocycles. The third-order valence-corrected chi connectivity index (χ3v) is 20.5. The molecule has 0 aromatic carbocycles. The van der Waals surface area contributed by atoms with Crippen LogP contribution in [0.15, 0.2) is 18.7 Å². The van der Waals surface area contributed by atoms with E-state index in [9.17, 15) is 0 Å². The van der Waals surface area contributed by atoms with E-state index in [1.165, 1.54) is 193 Å². The van der Waals surface area contributed by atoms with Gasteiger partial charge in [-0.25, -0.2) is 4.98 Å². The van der Waals surface area contributed by atoms with Crippen molar-refractivity contribution in [2.24, 2.45) is 92.7 Å². The van der Waals surface area contributed by atoms with Gasteiger partial charge in [0.1, 0.15) is 0 Å². The van der Waals surface area contributed by atoms with Gasteiger partial charge in [-0.05, 0) is 254 Å². The van der Waals surface area contributed by atoms with Crippen LogP contribution in [0.25, 0.3) is 0 Å². The predicted molar refractivity (Wildman–Crippen MR) is 378 cm³/mol. The van der Waals surface area contributed by atoms with Crippen molar-refractivity contribution in [3.63, 3.8) is 0 Å². The van der Waals surface area contributed by atoms with E-state index in [0.717, 1.165) is 218 Å². The van der Waals surface area contributed by atoms with Crippen molar-refractivity contribution >= 4 is 0 Å².